The number of carbonyl (C=O) groups is 2. The summed E-state index contributed by atoms with van der Waals surface area (Å²) in [5.41, 5.74) is 0. The number of hydrogen-bond donors (Lipinski definition) is 4. The number of amides is 2. The number of carboxylic acids is 1. The Morgan fingerprint density at radius 2 is 1.94 bits per heavy atom. The van der Waals surface area contributed by atoms with Gasteiger partial charge in [-0.05, 0) is 6.92 Å². The molecule has 0 rings (SSSR count). The van der Waals surface area contributed by atoms with Crippen LogP contribution in [0, 0.1) is 0 Å². The first kappa shape index (κ1) is 16.6. The molecule has 0 heterocycles. The average Bonchev–Trinajstić information content (AvgIpc) is 2.30. The van der Waals surface area contributed by atoms with E-state index in [4.69, 9.17) is 14.6 Å². The van der Waals surface area contributed by atoms with Crippen LogP contribution in [-0.2, 0) is 14.3 Å². The molecule has 106 valence electrons. The van der Waals surface area contributed by atoms with Crippen LogP contribution < -0.4 is 10.6 Å². The molecule has 0 bridgehead atoms. The predicted octanol–water partition coefficient (Wildman–Crippen LogP) is -1.22. The van der Waals surface area contributed by atoms with Crippen LogP contribution in [0.5, 0.6) is 0 Å². The highest BCUT2D eigenvalue weighted by atomic mass is 16.5. The first-order chi connectivity index (χ1) is 8.42. The van der Waals surface area contributed by atoms with Gasteiger partial charge in [-0.25, -0.2) is 9.59 Å². The molecule has 4 N–H and O–H groups in total. The SMILES string of the molecule is COCC(CNC(=O)NC(C(=O)O)C(C)O)OC. The van der Waals surface area contributed by atoms with Gasteiger partial charge in [0.25, 0.3) is 0 Å². The number of carboxylic acid groups (broad SMARTS) is 1. The largest absolute Gasteiger partial charge is 0.480 e. The Kier molecular flexibility index (Phi) is 8.01. The smallest absolute Gasteiger partial charge is 0.328 e. The van der Waals surface area contributed by atoms with Crippen LogP contribution in [0.3, 0.4) is 0 Å². The van der Waals surface area contributed by atoms with Gasteiger partial charge in [0.1, 0.15) is 0 Å². The molecule has 0 aromatic heterocycles. The van der Waals surface area contributed by atoms with Crippen LogP contribution in [0.1, 0.15) is 6.92 Å². The van der Waals surface area contributed by atoms with Crippen molar-refractivity contribution in [2.24, 2.45) is 0 Å². The van der Waals surface area contributed by atoms with Crippen molar-refractivity contribution in [1.82, 2.24) is 10.6 Å². The van der Waals surface area contributed by atoms with Crippen molar-refractivity contribution < 1.29 is 29.3 Å². The molecule has 8 heteroatoms. The van der Waals surface area contributed by atoms with Crippen LogP contribution >= 0.6 is 0 Å². The quantitative estimate of drug-likeness (QED) is 0.436. The van der Waals surface area contributed by atoms with Gasteiger partial charge in [-0.15, -0.1) is 0 Å². The lowest BCUT2D eigenvalue weighted by molar-refractivity contribution is -0.141. The van der Waals surface area contributed by atoms with Crippen molar-refractivity contribution in [3.05, 3.63) is 0 Å². The molecule has 0 spiro atoms. The van der Waals surface area contributed by atoms with Gasteiger partial charge >= 0.3 is 12.0 Å². The maximum atomic E-state index is 11.4. The van der Waals surface area contributed by atoms with Crippen molar-refractivity contribution in [2.75, 3.05) is 27.4 Å². The summed E-state index contributed by atoms with van der Waals surface area (Å²) >= 11 is 0. The third kappa shape index (κ3) is 6.38. The Balaban J connectivity index is 4.13. The lowest BCUT2D eigenvalue weighted by Gasteiger charge is -2.19. The molecule has 8 nitrogen and oxygen atoms in total. The highest BCUT2D eigenvalue weighted by Crippen LogP contribution is 1.93. The zero-order valence-corrected chi connectivity index (χ0v) is 10.7. The first-order valence-electron chi connectivity index (χ1n) is 5.39. The van der Waals surface area contributed by atoms with Gasteiger partial charge in [0.15, 0.2) is 6.04 Å². The van der Waals surface area contributed by atoms with E-state index in [1.165, 1.54) is 21.1 Å². The van der Waals surface area contributed by atoms with E-state index in [-0.39, 0.29) is 12.6 Å². The Hall–Kier alpha value is -1.38. The number of aliphatic carboxylic acids is 1. The number of rotatable bonds is 8. The fraction of sp³-hybridized carbons (Fsp3) is 0.800. The van der Waals surface area contributed by atoms with E-state index in [1.807, 2.05) is 0 Å². The van der Waals surface area contributed by atoms with Gasteiger partial charge in [0.2, 0.25) is 0 Å². The first-order valence-corrected chi connectivity index (χ1v) is 5.39. The number of urea groups is 1. The molecule has 0 radical (unpaired) electrons. The summed E-state index contributed by atoms with van der Waals surface area (Å²) in [5.74, 6) is -1.31. The molecule has 0 aromatic carbocycles. The zero-order valence-electron chi connectivity index (χ0n) is 10.7. The Labute approximate surface area is 105 Å². The molecule has 0 saturated heterocycles. The van der Waals surface area contributed by atoms with E-state index in [0.717, 1.165) is 0 Å². The maximum Gasteiger partial charge on any atom is 0.328 e. The second-order valence-electron chi connectivity index (χ2n) is 3.72. The van der Waals surface area contributed by atoms with Gasteiger partial charge in [-0.1, -0.05) is 0 Å². The van der Waals surface area contributed by atoms with Gasteiger partial charge in [-0.2, -0.15) is 0 Å². The minimum absolute atomic E-state index is 0.169. The molecule has 3 atom stereocenters. The molecule has 0 aliphatic heterocycles. The summed E-state index contributed by atoms with van der Waals surface area (Å²) in [6.07, 6.45) is -1.51. The topological polar surface area (TPSA) is 117 Å². The van der Waals surface area contributed by atoms with Crippen LogP contribution in [0.2, 0.25) is 0 Å². The van der Waals surface area contributed by atoms with E-state index in [0.29, 0.717) is 6.61 Å². The van der Waals surface area contributed by atoms with Crippen LogP contribution in [-0.4, -0.2) is 67.8 Å². The summed E-state index contributed by atoms with van der Waals surface area (Å²) in [6, 6.07) is -2.05. The lowest BCUT2D eigenvalue weighted by Crippen LogP contribution is -2.52. The van der Waals surface area contributed by atoms with Gasteiger partial charge in [0, 0.05) is 20.8 Å². The third-order valence-corrected chi connectivity index (χ3v) is 2.21. The summed E-state index contributed by atoms with van der Waals surface area (Å²) in [5, 5.41) is 22.5. The van der Waals surface area contributed by atoms with E-state index in [1.54, 1.807) is 0 Å². The predicted molar refractivity (Wildman–Crippen MR) is 62.3 cm³/mol. The molecule has 0 aliphatic carbocycles. The van der Waals surface area contributed by atoms with Gasteiger partial charge < -0.3 is 30.3 Å². The molecular weight excluding hydrogens is 244 g/mol. The van der Waals surface area contributed by atoms with Crippen molar-refractivity contribution >= 4 is 12.0 Å². The monoisotopic (exact) mass is 264 g/mol. The van der Waals surface area contributed by atoms with Crippen molar-refractivity contribution in [3.63, 3.8) is 0 Å². The standard InChI is InChI=1S/C10H20N2O6/c1-6(13)8(9(14)15)12-10(16)11-4-7(18-3)5-17-2/h6-8,13H,4-5H2,1-3H3,(H,14,15)(H2,11,12,16). The highest BCUT2D eigenvalue weighted by Gasteiger charge is 2.25. The molecule has 3 unspecified atom stereocenters. The normalized spacial score (nSPS) is 15.6. The van der Waals surface area contributed by atoms with E-state index >= 15 is 0 Å². The number of aliphatic hydroxyl groups excluding tert-OH is 1. The van der Waals surface area contributed by atoms with Crippen LogP contribution in [0.15, 0.2) is 0 Å². The number of hydrogen-bond acceptors (Lipinski definition) is 5. The van der Waals surface area contributed by atoms with E-state index in [9.17, 15) is 14.7 Å². The van der Waals surface area contributed by atoms with Crippen molar-refractivity contribution in [2.45, 2.75) is 25.2 Å². The number of carbonyl (C=O) groups excluding carboxylic acids is 1. The number of ether oxygens (including phenoxy) is 2. The van der Waals surface area contributed by atoms with Crippen molar-refractivity contribution in [1.29, 1.82) is 0 Å². The van der Waals surface area contributed by atoms with Crippen LogP contribution in [0.25, 0.3) is 0 Å². The second kappa shape index (κ2) is 8.67. The van der Waals surface area contributed by atoms with Gasteiger partial charge in [-0.3, -0.25) is 0 Å². The minimum atomic E-state index is -1.35. The fourth-order valence-electron chi connectivity index (χ4n) is 1.18. The molecule has 0 fully saturated rings. The molecule has 18 heavy (non-hydrogen) atoms. The third-order valence-electron chi connectivity index (χ3n) is 2.21. The summed E-state index contributed by atoms with van der Waals surface area (Å²) in [6.45, 7) is 1.75. The fourth-order valence-corrected chi connectivity index (χ4v) is 1.18. The second-order valence-corrected chi connectivity index (χ2v) is 3.72. The zero-order chi connectivity index (χ0) is 14.1. The molecular formula is C10H20N2O6. The Morgan fingerprint density at radius 3 is 2.33 bits per heavy atom. The number of methoxy groups -OCH3 is 2. The molecule has 0 saturated carbocycles. The minimum Gasteiger partial charge on any atom is -0.480 e. The molecule has 0 aliphatic rings. The van der Waals surface area contributed by atoms with Gasteiger partial charge in [0.05, 0.1) is 18.8 Å². The summed E-state index contributed by atoms with van der Waals surface area (Å²) < 4.78 is 9.86. The molecule has 2 amide bonds. The van der Waals surface area contributed by atoms with Crippen molar-refractivity contribution in [3.8, 4) is 0 Å². The summed E-state index contributed by atoms with van der Waals surface area (Å²) in [7, 11) is 2.97. The van der Waals surface area contributed by atoms with E-state index in [2.05, 4.69) is 10.6 Å². The average molecular weight is 264 g/mol. The summed E-state index contributed by atoms with van der Waals surface area (Å²) in [4.78, 5) is 22.1. The Morgan fingerprint density at radius 1 is 1.33 bits per heavy atom. The lowest BCUT2D eigenvalue weighted by atomic mass is 10.2. The van der Waals surface area contributed by atoms with E-state index < -0.39 is 24.1 Å². The number of nitrogens with one attached hydrogen (secondary N) is 2. The number of aliphatic hydroxyl groups is 1. The van der Waals surface area contributed by atoms with Crippen LogP contribution in [0.4, 0.5) is 4.79 Å². The molecule has 0 aromatic rings. The Bertz CT molecular complexity index is 271. The maximum absolute atomic E-state index is 11.4. The highest BCUT2D eigenvalue weighted by molar-refractivity contribution is 5.82.